The maximum Gasteiger partial charge on any atom is 0.338 e. The molecule has 1 amide bonds. The number of aromatic nitrogens is 1. The van der Waals surface area contributed by atoms with Crippen LogP contribution in [-0.4, -0.2) is 42.5 Å². The number of carbonyl (C=O) groups excluding carboxylic acids is 2. The zero-order chi connectivity index (χ0) is 28.0. The van der Waals surface area contributed by atoms with Crippen molar-refractivity contribution >= 4 is 40.7 Å². The van der Waals surface area contributed by atoms with Gasteiger partial charge in [-0.05, 0) is 85.9 Å². The van der Waals surface area contributed by atoms with Crippen molar-refractivity contribution in [3.05, 3.63) is 68.1 Å². The molecule has 1 aliphatic heterocycles. The fourth-order valence-electron chi connectivity index (χ4n) is 6.75. The second kappa shape index (κ2) is 11.0. The maximum atomic E-state index is 13.4. The van der Waals surface area contributed by atoms with E-state index in [1.165, 1.54) is 30.6 Å². The Labute approximate surface area is 241 Å². The van der Waals surface area contributed by atoms with Gasteiger partial charge in [-0.2, -0.15) is 0 Å². The predicted octanol–water partition coefficient (Wildman–Crippen LogP) is 5.39. The summed E-state index contributed by atoms with van der Waals surface area (Å²) in [5.74, 6) is 2.47. The van der Waals surface area contributed by atoms with Gasteiger partial charge in [-0.3, -0.25) is 14.2 Å². The first-order valence-electron chi connectivity index (χ1n) is 13.6. The third-order valence-corrected chi connectivity index (χ3v) is 11.3. The number of anilines is 1. The Kier molecular flexibility index (Phi) is 7.39. The summed E-state index contributed by atoms with van der Waals surface area (Å²) in [6.07, 6.45) is 3.69. The van der Waals surface area contributed by atoms with Gasteiger partial charge < -0.3 is 19.5 Å². The molecule has 40 heavy (non-hydrogen) atoms. The monoisotopic (exact) mass is 580 g/mol. The fourth-order valence-corrected chi connectivity index (χ4v) is 9.91. The molecule has 0 radical (unpaired) electrons. The molecule has 0 spiro atoms. The number of benzene rings is 2. The quantitative estimate of drug-likeness (QED) is 0.357. The summed E-state index contributed by atoms with van der Waals surface area (Å²) in [5, 5.41) is 4.20. The third kappa shape index (κ3) is 4.71. The summed E-state index contributed by atoms with van der Waals surface area (Å²) in [5.41, 5.74) is 2.10. The summed E-state index contributed by atoms with van der Waals surface area (Å²) in [7, 11) is 3.27. The lowest BCUT2D eigenvalue weighted by atomic mass is 9.75. The number of nitrogens with one attached hydrogen (secondary N) is 1. The van der Waals surface area contributed by atoms with E-state index in [0.717, 1.165) is 15.5 Å². The van der Waals surface area contributed by atoms with Gasteiger partial charge in [-0.25, -0.2) is 4.79 Å². The molecule has 3 aliphatic rings. The predicted molar refractivity (Wildman–Crippen MR) is 155 cm³/mol. The number of thioether (sulfide) groups is 1. The molecule has 3 aromatic rings. The first-order valence-corrected chi connectivity index (χ1v) is 15.3. The van der Waals surface area contributed by atoms with Crippen LogP contribution in [-0.2, 0) is 16.1 Å². The summed E-state index contributed by atoms with van der Waals surface area (Å²) in [6, 6.07) is 12.6. The van der Waals surface area contributed by atoms with Gasteiger partial charge >= 0.3 is 10.8 Å². The van der Waals surface area contributed by atoms with E-state index >= 15 is 0 Å². The zero-order valence-corrected chi connectivity index (χ0v) is 24.3. The summed E-state index contributed by atoms with van der Waals surface area (Å²) >= 11 is 3.06. The molecular formula is C30H32N2O6S2. The number of methoxy groups -OCH3 is 2. The number of thiazole rings is 1. The van der Waals surface area contributed by atoms with Crippen LogP contribution in [0.5, 0.6) is 11.5 Å². The smallest absolute Gasteiger partial charge is 0.338 e. The molecule has 10 heteroatoms. The Hall–Kier alpha value is -3.24. The number of carbonyl (C=O) groups is 2. The van der Waals surface area contributed by atoms with Crippen molar-refractivity contribution in [3.63, 3.8) is 0 Å². The first kappa shape index (κ1) is 27.0. The largest absolute Gasteiger partial charge is 0.493 e. The molecule has 2 fully saturated rings. The average Bonchev–Trinajstić information content (AvgIpc) is 3.66. The molecule has 5 atom stereocenters. The third-order valence-electron chi connectivity index (χ3n) is 8.44. The van der Waals surface area contributed by atoms with Gasteiger partial charge in [0.15, 0.2) is 11.5 Å². The lowest BCUT2D eigenvalue weighted by Crippen LogP contribution is -2.34. The van der Waals surface area contributed by atoms with E-state index in [4.69, 9.17) is 14.2 Å². The second-order valence-electron chi connectivity index (χ2n) is 10.6. The molecule has 1 N–H and O–H groups in total. The van der Waals surface area contributed by atoms with Crippen LogP contribution in [0.25, 0.3) is 0 Å². The molecule has 2 aromatic carbocycles. The van der Waals surface area contributed by atoms with Crippen LogP contribution >= 0.6 is 23.1 Å². The van der Waals surface area contributed by atoms with Gasteiger partial charge in [0.2, 0.25) is 5.91 Å². The van der Waals surface area contributed by atoms with E-state index in [1.54, 1.807) is 61.7 Å². The number of fused-ring (bicyclic) bond motifs is 6. The van der Waals surface area contributed by atoms with Crippen molar-refractivity contribution in [1.82, 2.24) is 4.57 Å². The Bertz CT molecular complexity index is 1500. The maximum absolute atomic E-state index is 13.4. The molecule has 8 nitrogen and oxygen atoms in total. The second-order valence-corrected chi connectivity index (χ2v) is 12.7. The molecule has 0 unspecified atom stereocenters. The first-order chi connectivity index (χ1) is 19.4. The average molecular weight is 581 g/mol. The standard InChI is InChI=1S/C30H32N2O6S2/c1-4-38-29(34)16-7-10-20(11-8-16)31-23(33)15-32-28-27(40-30(32)35)25(18-9-12-21(36-2)22(14-18)37-3)24-17-5-6-19(13-17)26(24)39-28/h7-12,14,17,19,24-26H,4-6,13,15H2,1-3H3,(H,31,33)/t17-,19-,24-,25-,26+/m0/s1. The molecule has 1 aromatic heterocycles. The van der Waals surface area contributed by atoms with E-state index in [9.17, 15) is 14.4 Å². The van der Waals surface area contributed by atoms with Crippen LogP contribution < -0.4 is 19.7 Å². The Morgan fingerprint density at radius 3 is 2.50 bits per heavy atom. The minimum atomic E-state index is -0.406. The van der Waals surface area contributed by atoms with Crippen molar-refractivity contribution in [2.24, 2.45) is 17.8 Å². The zero-order valence-electron chi connectivity index (χ0n) is 22.7. The molecular weight excluding hydrogens is 548 g/mol. The van der Waals surface area contributed by atoms with Gasteiger partial charge in [0.25, 0.3) is 0 Å². The summed E-state index contributed by atoms with van der Waals surface area (Å²) in [6.45, 7) is 1.98. The Morgan fingerprint density at radius 2 is 1.77 bits per heavy atom. The van der Waals surface area contributed by atoms with E-state index in [1.807, 2.05) is 12.1 Å². The van der Waals surface area contributed by atoms with E-state index in [-0.39, 0.29) is 23.2 Å². The van der Waals surface area contributed by atoms with Crippen LogP contribution in [0.1, 0.15) is 52.9 Å². The van der Waals surface area contributed by atoms with Gasteiger partial charge in [0.05, 0.1) is 31.4 Å². The number of nitrogens with zero attached hydrogens (tertiary/aromatic N) is 1. The number of hydrogen-bond acceptors (Lipinski definition) is 8. The van der Waals surface area contributed by atoms with E-state index in [0.29, 0.717) is 52.4 Å². The molecule has 6 rings (SSSR count). The van der Waals surface area contributed by atoms with Gasteiger partial charge in [-0.15, -0.1) is 11.8 Å². The highest BCUT2D eigenvalue weighted by molar-refractivity contribution is 8.00. The molecule has 2 bridgehead atoms. The number of ether oxygens (including phenoxy) is 3. The molecule has 210 valence electrons. The topological polar surface area (TPSA) is 95.9 Å². The molecule has 0 saturated heterocycles. The summed E-state index contributed by atoms with van der Waals surface area (Å²) in [4.78, 5) is 39.3. The van der Waals surface area contributed by atoms with Crippen molar-refractivity contribution in [3.8, 4) is 11.5 Å². The molecule has 2 saturated carbocycles. The van der Waals surface area contributed by atoms with Crippen LogP contribution in [0.3, 0.4) is 0 Å². The lowest BCUT2D eigenvalue weighted by Gasteiger charge is -2.40. The van der Waals surface area contributed by atoms with Crippen molar-refractivity contribution < 1.29 is 23.8 Å². The van der Waals surface area contributed by atoms with Gasteiger partial charge in [0, 0.05) is 21.7 Å². The van der Waals surface area contributed by atoms with Crippen molar-refractivity contribution in [2.45, 2.75) is 48.9 Å². The normalized spacial score (nSPS) is 24.2. The highest BCUT2D eigenvalue weighted by Crippen LogP contribution is 2.64. The van der Waals surface area contributed by atoms with E-state index < -0.39 is 5.97 Å². The minimum Gasteiger partial charge on any atom is -0.493 e. The highest BCUT2D eigenvalue weighted by atomic mass is 32.2. The molecule has 2 heterocycles. The number of amides is 1. The SMILES string of the molecule is CCOC(=O)c1ccc(NC(=O)Cn2c3c(sc2=O)[C@@H](c2ccc(OC)c(OC)c2)[C@@H]2[C@H]4CC[C@@H](C4)[C@H]2S3)cc1. The van der Waals surface area contributed by atoms with Gasteiger partial charge in [0.1, 0.15) is 6.54 Å². The lowest BCUT2D eigenvalue weighted by molar-refractivity contribution is -0.116. The summed E-state index contributed by atoms with van der Waals surface area (Å²) < 4.78 is 17.8. The van der Waals surface area contributed by atoms with Crippen LogP contribution in [0.2, 0.25) is 0 Å². The number of hydrogen-bond donors (Lipinski definition) is 1. The molecule has 2 aliphatic carbocycles. The number of rotatable bonds is 8. The van der Waals surface area contributed by atoms with Crippen LogP contribution in [0.15, 0.2) is 52.3 Å². The number of esters is 1. The van der Waals surface area contributed by atoms with E-state index in [2.05, 4.69) is 11.4 Å². The highest BCUT2D eigenvalue weighted by Gasteiger charge is 2.55. The Balaban J connectivity index is 1.30. The fraction of sp³-hybridized carbons (Fsp3) is 0.433. The Morgan fingerprint density at radius 1 is 1.02 bits per heavy atom. The van der Waals surface area contributed by atoms with Gasteiger partial charge in [-0.1, -0.05) is 17.4 Å². The van der Waals surface area contributed by atoms with Crippen molar-refractivity contribution in [2.75, 3.05) is 26.1 Å². The van der Waals surface area contributed by atoms with Crippen LogP contribution in [0.4, 0.5) is 5.69 Å². The minimum absolute atomic E-state index is 0.0680. The van der Waals surface area contributed by atoms with Crippen molar-refractivity contribution in [1.29, 1.82) is 0 Å². The van der Waals surface area contributed by atoms with Crippen LogP contribution in [0, 0.1) is 17.8 Å².